The predicted octanol–water partition coefficient (Wildman–Crippen LogP) is 2.91. The number of methoxy groups -OCH3 is 2. The number of primary amides is 1. The molecule has 0 bridgehead atoms. The molecule has 2 aromatic rings. The van der Waals surface area contributed by atoms with Gasteiger partial charge >= 0.3 is 0 Å². The van der Waals surface area contributed by atoms with Crippen LogP contribution in [0.25, 0.3) is 0 Å². The molecule has 0 aliphatic rings. The molecule has 3 N–H and O–H groups in total. The number of ether oxygens (including phenoxy) is 2. The van der Waals surface area contributed by atoms with Gasteiger partial charge < -0.3 is 25.4 Å². The molecular weight excluding hydrogens is 394 g/mol. The average molecular weight is 420 g/mol. The Morgan fingerprint density at radius 2 is 1.79 bits per heavy atom. The Labute approximate surface area is 173 Å². The third-order valence-corrected chi connectivity index (χ3v) is 5.71. The summed E-state index contributed by atoms with van der Waals surface area (Å²) >= 11 is 1.04. The lowest BCUT2D eigenvalue weighted by atomic mass is 10.1. The summed E-state index contributed by atoms with van der Waals surface area (Å²) in [4.78, 5) is 39.7. The van der Waals surface area contributed by atoms with Crippen molar-refractivity contribution in [2.75, 3.05) is 32.6 Å². The molecule has 0 aliphatic carbocycles. The third-order valence-electron chi connectivity index (χ3n) is 4.52. The molecule has 29 heavy (non-hydrogen) atoms. The molecule has 0 radical (unpaired) electrons. The highest BCUT2D eigenvalue weighted by Gasteiger charge is 2.27. The molecule has 1 heterocycles. The van der Waals surface area contributed by atoms with Crippen molar-refractivity contribution in [2.24, 2.45) is 5.73 Å². The molecule has 156 valence electrons. The van der Waals surface area contributed by atoms with Gasteiger partial charge in [0.15, 0.2) is 0 Å². The number of amides is 3. The number of benzene rings is 1. The Kier molecular flexibility index (Phi) is 7.22. The number of nitrogens with zero attached hydrogens (tertiary/aromatic N) is 1. The molecule has 1 aromatic carbocycles. The van der Waals surface area contributed by atoms with Crippen LogP contribution < -0.4 is 20.5 Å². The lowest BCUT2D eigenvalue weighted by molar-refractivity contribution is 0.0777. The van der Waals surface area contributed by atoms with E-state index in [1.165, 1.54) is 14.2 Å². The molecule has 0 saturated heterocycles. The molecule has 0 atom stereocenters. The minimum atomic E-state index is -0.714. The first-order valence-electron chi connectivity index (χ1n) is 9.04. The van der Waals surface area contributed by atoms with Gasteiger partial charge in [0.05, 0.1) is 30.2 Å². The number of nitrogens with one attached hydrogen (secondary N) is 1. The number of nitrogens with two attached hydrogens (primary N) is 1. The number of anilines is 1. The maximum atomic E-state index is 12.8. The molecule has 0 unspecified atom stereocenters. The second-order valence-electron chi connectivity index (χ2n) is 6.12. The second-order valence-corrected chi connectivity index (χ2v) is 7.14. The van der Waals surface area contributed by atoms with Crippen molar-refractivity contribution in [3.8, 4) is 11.5 Å². The number of rotatable bonds is 8. The van der Waals surface area contributed by atoms with Crippen molar-refractivity contribution < 1.29 is 23.9 Å². The van der Waals surface area contributed by atoms with Crippen LogP contribution in [0.3, 0.4) is 0 Å². The summed E-state index contributed by atoms with van der Waals surface area (Å²) < 4.78 is 10.4. The summed E-state index contributed by atoms with van der Waals surface area (Å²) in [6.45, 7) is 6.46. The number of thiophene rings is 1. The first kappa shape index (κ1) is 22.2. The van der Waals surface area contributed by atoms with Gasteiger partial charge in [-0.2, -0.15) is 0 Å². The van der Waals surface area contributed by atoms with E-state index in [1.54, 1.807) is 30.0 Å². The zero-order chi connectivity index (χ0) is 21.7. The van der Waals surface area contributed by atoms with E-state index < -0.39 is 11.8 Å². The van der Waals surface area contributed by atoms with E-state index in [0.717, 1.165) is 11.3 Å². The van der Waals surface area contributed by atoms with Gasteiger partial charge in [-0.1, -0.05) is 0 Å². The van der Waals surface area contributed by atoms with Gasteiger partial charge in [0.25, 0.3) is 17.7 Å². The highest BCUT2D eigenvalue weighted by molar-refractivity contribution is 7.18. The Bertz CT molecular complexity index is 934. The molecule has 8 nitrogen and oxygen atoms in total. The monoisotopic (exact) mass is 419 g/mol. The minimum Gasteiger partial charge on any atom is -0.497 e. The molecular formula is C20H25N3O5S. The number of carbonyl (C=O) groups excluding carboxylic acids is 3. The van der Waals surface area contributed by atoms with Crippen LogP contribution in [0.2, 0.25) is 0 Å². The Morgan fingerprint density at radius 1 is 1.14 bits per heavy atom. The molecule has 0 saturated carbocycles. The molecule has 2 rings (SSSR count). The van der Waals surface area contributed by atoms with Crippen LogP contribution >= 0.6 is 11.3 Å². The van der Waals surface area contributed by atoms with Crippen molar-refractivity contribution in [3.05, 3.63) is 39.8 Å². The lowest BCUT2D eigenvalue weighted by Crippen LogP contribution is -2.30. The van der Waals surface area contributed by atoms with Gasteiger partial charge in [-0.3, -0.25) is 14.4 Å². The summed E-state index contributed by atoms with van der Waals surface area (Å²) in [5.74, 6) is -0.558. The predicted molar refractivity (Wildman–Crippen MR) is 112 cm³/mol. The van der Waals surface area contributed by atoms with Crippen LogP contribution in [-0.4, -0.2) is 49.9 Å². The standard InChI is InChI=1S/C20H25N3O5S/c1-6-23(7-2)20(26)16-11(3)15(17(21)24)19(29-16)22-18(25)13-9-8-12(27-4)10-14(13)28-5/h8-10H,6-7H2,1-5H3,(H2,21,24)(H,22,25). The Hall–Kier alpha value is -3.07. The van der Waals surface area contributed by atoms with E-state index in [9.17, 15) is 14.4 Å². The second kappa shape index (κ2) is 9.42. The first-order valence-corrected chi connectivity index (χ1v) is 9.86. The summed E-state index contributed by atoms with van der Waals surface area (Å²) in [6, 6.07) is 4.76. The fourth-order valence-electron chi connectivity index (χ4n) is 2.91. The SMILES string of the molecule is CCN(CC)C(=O)c1sc(NC(=O)c2ccc(OC)cc2OC)c(C(N)=O)c1C. The van der Waals surface area contributed by atoms with Crippen LogP contribution in [0.5, 0.6) is 11.5 Å². The maximum absolute atomic E-state index is 12.8. The van der Waals surface area contributed by atoms with Gasteiger partial charge in [0.1, 0.15) is 16.5 Å². The molecule has 1 aromatic heterocycles. The average Bonchev–Trinajstić information content (AvgIpc) is 3.03. The van der Waals surface area contributed by atoms with Crippen LogP contribution in [0.1, 0.15) is 49.8 Å². The Balaban J connectivity index is 2.45. The van der Waals surface area contributed by atoms with E-state index in [0.29, 0.717) is 35.0 Å². The quantitative estimate of drug-likeness (QED) is 0.683. The van der Waals surface area contributed by atoms with Crippen LogP contribution in [0, 0.1) is 6.92 Å². The minimum absolute atomic E-state index is 0.131. The number of carbonyl (C=O) groups is 3. The van der Waals surface area contributed by atoms with Gasteiger partial charge in [-0.25, -0.2) is 0 Å². The summed E-state index contributed by atoms with van der Waals surface area (Å²) in [5, 5.41) is 2.93. The number of hydrogen-bond donors (Lipinski definition) is 2. The summed E-state index contributed by atoms with van der Waals surface area (Å²) in [7, 11) is 2.95. The highest BCUT2D eigenvalue weighted by atomic mass is 32.1. The highest BCUT2D eigenvalue weighted by Crippen LogP contribution is 2.35. The molecule has 9 heteroatoms. The van der Waals surface area contributed by atoms with E-state index in [2.05, 4.69) is 5.32 Å². The fourth-order valence-corrected chi connectivity index (χ4v) is 4.09. The third kappa shape index (κ3) is 4.51. The van der Waals surface area contributed by atoms with E-state index in [-0.39, 0.29) is 22.0 Å². The fraction of sp³-hybridized carbons (Fsp3) is 0.350. The van der Waals surface area contributed by atoms with Crippen molar-refractivity contribution in [1.29, 1.82) is 0 Å². The zero-order valence-electron chi connectivity index (χ0n) is 17.1. The number of hydrogen-bond acceptors (Lipinski definition) is 6. The van der Waals surface area contributed by atoms with E-state index in [4.69, 9.17) is 15.2 Å². The van der Waals surface area contributed by atoms with Gasteiger partial charge in [0, 0.05) is 19.2 Å². The van der Waals surface area contributed by atoms with Crippen LogP contribution in [0.15, 0.2) is 18.2 Å². The molecule has 3 amide bonds. The Morgan fingerprint density at radius 3 is 2.31 bits per heavy atom. The van der Waals surface area contributed by atoms with E-state index >= 15 is 0 Å². The van der Waals surface area contributed by atoms with Crippen molar-refractivity contribution in [1.82, 2.24) is 4.90 Å². The van der Waals surface area contributed by atoms with Crippen LogP contribution in [0.4, 0.5) is 5.00 Å². The molecule has 0 fully saturated rings. The van der Waals surface area contributed by atoms with Crippen molar-refractivity contribution >= 4 is 34.1 Å². The largest absolute Gasteiger partial charge is 0.497 e. The lowest BCUT2D eigenvalue weighted by Gasteiger charge is -2.17. The van der Waals surface area contributed by atoms with Gasteiger partial charge in [-0.05, 0) is 38.5 Å². The van der Waals surface area contributed by atoms with Gasteiger partial charge in [0.2, 0.25) is 0 Å². The first-order chi connectivity index (χ1) is 13.8. The zero-order valence-corrected chi connectivity index (χ0v) is 17.9. The van der Waals surface area contributed by atoms with Gasteiger partial charge in [-0.15, -0.1) is 11.3 Å². The molecule has 0 spiro atoms. The van der Waals surface area contributed by atoms with E-state index in [1.807, 2.05) is 13.8 Å². The smallest absolute Gasteiger partial charge is 0.264 e. The van der Waals surface area contributed by atoms with Crippen LogP contribution in [-0.2, 0) is 0 Å². The molecule has 0 aliphatic heterocycles. The maximum Gasteiger partial charge on any atom is 0.264 e. The normalized spacial score (nSPS) is 10.4. The van der Waals surface area contributed by atoms with Crippen molar-refractivity contribution in [3.63, 3.8) is 0 Å². The summed E-state index contributed by atoms with van der Waals surface area (Å²) in [5.41, 5.74) is 6.37. The summed E-state index contributed by atoms with van der Waals surface area (Å²) in [6.07, 6.45) is 0. The topological polar surface area (TPSA) is 111 Å². The van der Waals surface area contributed by atoms with Crippen molar-refractivity contribution in [2.45, 2.75) is 20.8 Å².